The van der Waals surface area contributed by atoms with Crippen molar-refractivity contribution < 1.29 is 4.39 Å². The van der Waals surface area contributed by atoms with E-state index in [4.69, 9.17) is 23.2 Å². The van der Waals surface area contributed by atoms with Crippen molar-refractivity contribution in [3.63, 3.8) is 0 Å². The van der Waals surface area contributed by atoms with Crippen LogP contribution in [0.25, 0.3) is 11.0 Å². The maximum absolute atomic E-state index is 13.6. The lowest BCUT2D eigenvalue weighted by Gasteiger charge is -2.15. The topological polar surface area (TPSA) is 21.1 Å². The first-order valence-corrected chi connectivity index (χ1v) is 8.16. The van der Waals surface area contributed by atoms with Gasteiger partial charge in [0.25, 0.3) is 0 Å². The Balaban J connectivity index is 1.95. The van der Waals surface area contributed by atoms with E-state index in [0.29, 0.717) is 17.3 Å². The number of hydrogen-bond acceptors (Lipinski definition) is 2. The minimum absolute atomic E-state index is 0.131. The van der Waals surface area contributed by atoms with E-state index in [0.717, 1.165) is 37.5 Å². The second kappa shape index (κ2) is 6.11. The van der Waals surface area contributed by atoms with Gasteiger partial charge in [-0.25, -0.2) is 9.37 Å². The van der Waals surface area contributed by atoms with Gasteiger partial charge < -0.3 is 9.47 Å². The van der Waals surface area contributed by atoms with Gasteiger partial charge in [-0.3, -0.25) is 0 Å². The maximum atomic E-state index is 13.6. The number of nitrogens with zero attached hydrogens (tertiary/aromatic N) is 3. The molecule has 3 nitrogen and oxygen atoms in total. The molecule has 3 rings (SSSR count). The normalized spacial score (nSPS) is 19.7. The number of aromatic nitrogens is 2. The molecule has 0 amide bonds. The van der Waals surface area contributed by atoms with Crippen molar-refractivity contribution in [2.45, 2.75) is 25.8 Å². The van der Waals surface area contributed by atoms with Crippen molar-refractivity contribution in [2.75, 3.05) is 19.6 Å². The highest BCUT2D eigenvalue weighted by Crippen LogP contribution is 2.27. The molecule has 1 aromatic heterocycles. The molecule has 21 heavy (non-hydrogen) atoms. The summed E-state index contributed by atoms with van der Waals surface area (Å²) in [6.45, 7) is 6.35. The van der Waals surface area contributed by atoms with E-state index >= 15 is 0 Å². The third-order valence-electron chi connectivity index (χ3n) is 4.25. The largest absolute Gasteiger partial charge is 0.327 e. The summed E-state index contributed by atoms with van der Waals surface area (Å²) in [5, 5.41) is 0.131. The van der Waals surface area contributed by atoms with Gasteiger partial charge in [0, 0.05) is 19.2 Å². The first kappa shape index (κ1) is 15.1. The number of alkyl halides is 1. The highest BCUT2D eigenvalue weighted by Gasteiger charge is 2.23. The van der Waals surface area contributed by atoms with Crippen molar-refractivity contribution >= 4 is 34.2 Å². The Morgan fingerprint density at radius 3 is 2.90 bits per heavy atom. The smallest absolute Gasteiger partial charge is 0.144 e. The summed E-state index contributed by atoms with van der Waals surface area (Å²) in [4.78, 5) is 6.87. The quantitative estimate of drug-likeness (QED) is 0.793. The molecule has 0 saturated carbocycles. The number of likely N-dealkylation sites (tertiary alicyclic amines) is 1. The van der Waals surface area contributed by atoms with E-state index < -0.39 is 5.82 Å². The fourth-order valence-corrected chi connectivity index (χ4v) is 3.45. The minimum atomic E-state index is -0.437. The van der Waals surface area contributed by atoms with E-state index in [2.05, 4.69) is 21.4 Å². The van der Waals surface area contributed by atoms with Crippen LogP contribution in [0.15, 0.2) is 12.1 Å². The molecule has 0 N–H and O–H groups in total. The predicted molar refractivity (Wildman–Crippen MR) is 84.5 cm³/mol. The molecular formula is C15H18Cl2FN3. The van der Waals surface area contributed by atoms with Crippen LogP contribution in [0, 0.1) is 11.7 Å². The number of benzene rings is 1. The Hall–Kier alpha value is -0.840. The average Bonchev–Trinajstić information content (AvgIpc) is 3.05. The van der Waals surface area contributed by atoms with Gasteiger partial charge in [0.2, 0.25) is 0 Å². The molecule has 0 radical (unpaired) electrons. The van der Waals surface area contributed by atoms with Crippen molar-refractivity contribution in [2.24, 2.45) is 5.92 Å². The second-order valence-corrected chi connectivity index (χ2v) is 6.25. The van der Waals surface area contributed by atoms with E-state index in [1.807, 2.05) is 0 Å². The van der Waals surface area contributed by atoms with Crippen LogP contribution in [0.1, 0.15) is 19.2 Å². The summed E-state index contributed by atoms with van der Waals surface area (Å²) < 4.78 is 15.7. The molecule has 1 aliphatic rings. The molecule has 6 heteroatoms. The van der Waals surface area contributed by atoms with Crippen LogP contribution in [-0.4, -0.2) is 34.1 Å². The zero-order valence-corrected chi connectivity index (χ0v) is 13.5. The van der Waals surface area contributed by atoms with E-state index in [9.17, 15) is 4.39 Å². The highest BCUT2D eigenvalue weighted by atomic mass is 35.5. The molecule has 1 unspecified atom stereocenters. The maximum Gasteiger partial charge on any atom is 0.144 e. The van der Waals surface area contributed by atoms with Crippen LogP contribution in [-0.2, 0) is 12.4 Å². The first-order valence-electron chi connectivity index (χ1n) is 7.24. The number of hydrogen-bond donors (Lipinski definition) is 0. The van der Waals surface area contributed by atoms with Gasteiger partial charge in [-0.1, -0.05) is 18.5 Å². The Morgan fingerprint density at radius 1 is 1.43 bits per heavy atom. The number of rotatable bonds is 4. The van der Waals surface area contributed by atoms with E-state index in [-0.39, 0.29) is 5.02 Å². The van der Waals surface area contributed by atoms with Gasteiger partial charge in [-0.2, -0.15) is 0 Å². The third-order valence-corrected chi connectivity index (χ3v) is 4.78. The molecule has 0 spiro atoms. The minimum Gasteiger partial charge on any atom is -0.327 e. The van der Waals surface area contributed by atoms with Crippen LogP contribution in [0.4, 0.5) is 4.39 Å². The predicted octanol–water partition coefficient (Wildman–Crippen LogP) is 3.91. The molecule has 0 aliphatic carbocycles. The Morgan fingerprint density at radius 2 is 2.24 bits per heavy atom. The summed E-state index contributed by atoms with van der Waals surface area (Å²) in [5.74, 6) is 1.24. The van der Waals surface area contributed by atoms with Crippen LogP contribution < -0.4 is 0 Å². The van der Waals surface area contributed by atoms with Gasteiger partial charge in [0.1, 0.15) is 11.6 Å². The van der Waals surface area contributed by atoms with Gasteiger partial charge in [0.05, 0.1) is 21.9 Å². The van der Waals surface area contributed by atoms with Crippen molar-refractivity contribution in [1.82, 2.24) is 14.5 Å². The molecule has 1 fully saturated rings. The molecule has 2 aromatic rings. The molecule has 1 atom stereocenters. The molecule has 1 saturated heterocycles. The van der Waals surface area contributed by atoms with Crippen LogP contribution >= 0.6 is 23.2 Å². The fraction of sp³-hybridized carbons (Fsp3) is 0.533. The number of imidazole rings is 1. The van der Waals surface area contributed by atoms with Crippen molar-refractivity contribution in [3.05, 3.63) is 28.8 Å². The molecule has 2 heterocycles. The SMILES string of the molecule is CCN1CCC(Cn2c(CCl)nc3cc(F)c(Cl)cc32)C1. The van der Waals surface area contributed by atoms with Crippen LogP contribution in [0.2, 0.25) is 5.02 Å². The number of halogens is 3. The lowest BCUT2D eigenvalue weighted by Crippen LogP contribution is -2.21. The molecule has 0 bridgehead atoms. The van der Waals surface area contributed by atoms with E-state index in [1.54, 1.807) is 6.07 Å². The molecule has 1 aliphatic heterocycles. The summed E-state index contributed by atoms with van der Waals surface area (Å²) >= 11 is 11.9. The van der Waals surface area contributed by atoms with Crippen molar-refractivity contribution in [3.8, 4) is 0 Å². The number of fused-ring (bicyclic) bond motifs is 1. The van der Waals surface area contributed by atoms with E-state index in [1.165, 1.54) is 12.5 Å². The van der Waals surface area contributed by atoms with Gasteiger partial charge in [-0.15, -0.1) is 11.6 Å². The molecule has 1 aromatic carbocycles. The second-order valence-electron chi connectivity index (χ2n) is 5.58. The zero-order valence-electron chi connectivity index (χ0n) is 12.0. The third kappa shape index (κ3) is 2.89. The monoisotopic (exact) mass is 329 g/mol. The first-order chi connectivity index (χ1) is 10.1. The summed E-state index contributed by atoms with van der Waals surface area (Å²) in [6.07, 6.45) is 1.17. The fourth-order valence-electron chi connectivity index (χ4n) is 3.08. The van der Waals surface area contributed by atoms with Crippen LogP contribution in [0.3, 0.4) is 0 Å². The Labute approximate surface area is 133 Å². The standard InChI is InChI=1S/C15H18Cl2FN3/c1-2-20-4-3-10(8-20)9-21-14-5-11(17)12(18)6-13(14)19-15(21)7-16/h5-6,10H,2-4,7-9H2,1H3. The Bertz CT molecular complexity index is 656. The lowest BCUT2D eigenvalue weighted by atomic mass is 10.1. The lowest BCUT2D eigenvalue weighted by molar-refractivity contribution is 0.333. The van der Waals surface area contributed by atoms with Crippen LogP contribution in [0.5, 0.6) is 0 Å². The molecule has 114 valence electrons. The highest BCUT2D eigenvalue weighted by molar-refractivity contribution is 6.31. The summed E-state index contributed by atoms with van der Waals surface area (Å²) in [6, 6.07) is 3.04. The Kier molecular flexibility index (Phi) is 4.38. The summed E-state index contributed by atoms with van der Waals surface area (Å²) in [5.41, 5.74) is 1.49. The van der Waals surface area contributed by atoms with Gasteiger partial charge in [0.15, 0.2) is 0 Å². The zero-order chi connectivity index (χ0) is 15.0. The van der Waals surface area contributed by atoms with Crippen molar-refractivity contribution in [1.29, 1.82) is 0 Å². The average molecular weight is 330 g/mol. The molecular weight excluding hydrogens is 312 g/mol. The van der Waals surface area contributed by atoms with Gasteiger partial charge >= 0.3 is 0 Å². The summed E-state index contributed by atoms with van der Waals surface area (Å²) in [7, 11) is 0. The van der Waals surface area contributed by atoms with Gasteiger partial charge in [-0.05, 0) is 31.5 Å².